The van der Waals surface area contributed by atoms with Crippen molar-refractivity contribution in [3.05, 3.63) is 65.2 Å². The number of hydrogen-bond donors (Lipinski definition) is 2. The Morgan fingerprint density at radius 2 is 2.07 bits per heavy atom. The molecule has 1 saturated heterocycles. The highest BCUT2D eigenvalue weighted by Gasteiger charge is 2.38. The van der Waals surface area contributed by atoms with Gasteiger partial charge in [0.2, 0.25) is 0 Å². The SMILES string of the molecule is CCCCNC(=O)c1cccc(N[C@H]2c3ccccc3C(=O)N2C[C@H]2CCCO2)c1. The van der Waals surface area contributed by atoms with Gasteiger partial charge in [-0.15, -0.1) is 0 Å². The van der Waals surface area contributed by atoms with Crippen molar-refractivity contribution in [1.29, 1.82) is 0 Å². The Balaban J connectivity index is 1.54. The zero-order valence-electron chi connectivity index (χ0n) is 17.4. The van der Waals surface area contributed by atoms with Crippen LogP contribution in [0.1, 0.15) is 65.1 Å². The fraction of sp³-hybridized carbons (Fsp3) is 0.417. The first-order chi connectivity index (χ1) is 14.7. The Morgan fingerprint density at radius 3 is 2.87 bits per heavy atom. The van der Waals surface area contributed by atoms with E-state index < -0.39 is 0 Å². The number of unbranched alkanes of at least 4 members (excludes halogenated alkanes) is 1. The Bertz CT molecular complexity index is 908. The standard InChI is InChI=1S/C24H29N3O3/c1-2-3-13-25-23(28)17-8-6-9-18(15-17)26-22-20-11-4-5-12-21(20)24(29)27(22)16-19-10-7-14-30-19/h4-6,8-9,11-12,15,19,22,26H,2-3,7,10,13-14,16H2,1H3,(H,25,28)/t19-,22-/m1/s1. The first-order valence-corrected chi connectivity index (χ1v) is 10.8. The first kappa shape index (κ1) is 20.4. The third kappa shape index (κ3) is 4.33. The van der Waals surface area contributed by atoms with E-state index in [1.165, 1.54) is 0 Å². The van der Waals surface area contributed by atoms with Crippen LogP contribution in [-0.2, 0) is 4.74 Å². The third-order valence-corrected chi connectivity index (χ3v) is 5.73. The molecule has 1 fully saturated rings. The van der Waals surface area contributed by atoms with Crippen molar-refractivity contribution in [1.82, 2.24) is 10.2 Å². The van der Waals surface area contributed by atoms with Crippen LogP contribution in [0, 0.1) is 0 Å². The van der Waals surface area contributed by atoms with Crippen LogP contribution in [0.2, 0.25) is 0 Å². The summed E-state index contributed by atoms with van der Waals surface area (Å²) in [5.41, 5.74) is 3.10. The van der Waals surface area contributed by atoms with E-state index in [0.29, 0.717) is 18.7 Å². The van der Waals surface area contributed by atoms with Crippen LogP contribution in [0.4, 0.5) is 5.69 Å². The van der Waals surface area contributed by atoms with Crippen molar-refractivity contribution < 1.29 is 14.3 Å². The predicted molar refractivity (Wildman–Crippen MR) is 116 cm³/mol. The molecule has 0 spiro atoms. The van der Waals surface area contributed by atoms with E-state index in [1.54, 1.807) is 0 Å². The maximum atomic E-state index is 13.1. The fourth-order valence-corrected chi connectivity index (χ4v) is 4.11. The molecule has 0 saturated carbocycles. The van der Waals surface area contributed by atoms with Gasteiger partial charge in [0, 0.05) is 42.1 Å². The molecular weight excluding hydrogens is 378 g/mol. The molecule has 4 rings (SSSR count). The number of anilines is 1. The van der Waals surface area contributed by atoms with E-state index in [-0.39, 0.29) is 24.1 Å². The van der Waals surface area contributed by atoms with Gasteiger partial charge in [0.15, 0.2) is 0 Å². The Labute approximate surface area is 177 Å². The fourth-order valence-electron chi connectivity index (χ4n) is 4.11. The molecule has 2 atom stereocenters. The lowest BCUT2D eigenvalue weighted by atomic mass is 10.1. The van der Waals surface area contributed by atoms with Crippen molar-refractivity contribution in [2.75, 3.05) is 25.0 Å². The molecule has 6 heteroatoms. The van der Waals surface area contributed by atoms with Crippen LogP contribution in [0.3, 0.4) is 0 Å². The van der Waals surface area contributed by atoms with Gasteiger partial charge >= 0.3 is 0 Å². The number of nitrogens with one attached hydrogen (secondary N) is 2. The lowest BCUT2D eigenvalue weighted by molar-refractivity contribution is 0.0488. The van der Waals surface area contributed by atoms with Crippen molar-refractivity contribution in [3.8, 4) is 0 Å². The quantitative estimate of drug-likeness (QED) is 0.650. The number of rotatable bonds is 8. The minimum absolute atomic E-state index is 0.0204. The summed E-state index contributed by atoms with van der Waals surface area (Å²) in [5.74, 6) is -0.0572. The lowest BCUT2D eigenvalue weighted by Gasteiger charge is -2.29. The summed E-state index contributed by atoms with van der Waals surface area (Å²) >= 11 is 0. The largest absolute Gasteiger partial charge is 0.376 e. The molecule has 0 bridgehead atoms. The summed E-state index contributed by atoms with van der Waals surface area (Å²) in [7, 11) is 0. The van der Waals surface area contributed by atoms with E-state index in [1.807, 2.05) is 53.4 Å². The summed E-state index contributed by atoms with van der Waals surface area (Å²) in [6, 6.07) is 15.2. The molecule has 30 heavy (non-hydrogen) atoms. The average Bonchev–Trinajstić information content (AvgIpc) is 3.37. The van der Waals surface area contributed by atoms with Gasteiger partial charge in [0.25, 0.3) is 11.8 Å². The smallest absolute Gasteiger partial charge is 0.256 e. The van der Waals surface area contributed by atoms with Crippen LogP contribution in [0.5, 0.6) is 0 Å². The van der Waals surface area contributed by atoms with Crippen LogP contribution in [-0.4, -0.2) is 42.5 Å². The van der Waals surface area contributed by atoms with Crippen LogP contribution >= 0.6 is 0 Å². The molecule has 2 heterocycles. The molecule has 0 unspecified atom stereocenters. The number of carbonyl (C=O) groups excluding carboxylic acids is 2. The zero-order chi connectivity index (χ0) is 20.9. The van der Waals surface area contributed by atoms with Gasteiger partial charge in [-0.1, -0.05) is 37.6 Å². The highest BCUT2D eigenvalue weighted by atomic mass is 16.5. The van der Waals surface area contributed by atoms with Crippen molar-refractivity contribution in [3.63, 3.8) is 0 Å². The second kappa shape index (κ2) is 9.30. The van der Waals surface area contributed by atoms with Gasteiger partial charge in [-0.25, -0.2) is 0 Å². The number of ether oxygens (including phenoxy) is 1. The Hall–Kier alpha value is -2.86. The van der Waals surface area contributed by atoms with Gasteiger partial charge in [0.1, 0.15) is 6.17 Å². The molecule has 2 aliphatic heterocycles. The van der Waals surface area contributed by atoms with Gasteiger partial charge in [-0.3, -0.25) is 9.59 Å². The number of fused-ring (bicyclic) bond motifs is 1. The minimum atomic E-state index is -0.281. The maximum Gasteiger partial charge on any atom is 0.256 e. The number of hydrogen-bond acceptors (Lipinski definition) is 4. The number of amides is 2. The Kier molecular flexibility index (Phi) is 6.33. The molecule has 0 aliphatic carbocycles. The average molecular weight is 408 g/mol. The molecule has 2 N–H and O–H groups in total. The molecule has 2 amide bonds. The lowest BCUT2D eigenvalue weighted by Crippen LogP contribution is -2.38. The van der Waals surface area contributed by atoms with Gasteiger partial charge in [-0.2, -0.15) is 0 Å². The number of benzene rings is 2. The van der Waals surface area contributed by atoms with Crippen LogP contribution < -0.4 is 10.6 Å². The number of nitrogens with zero attached hydrogens (tertiary/aromatic N) is 1. The van der Waals surface area contributed by atoms with Gasteiger partial charge < -0.3 is 20.3 Å². The van der Waals surface area contributed by atoms with Crippen LogP contribution in [0.15, 0.2) is 48.5 Å². The highest BCUT2D eigenvalue weighted by molar-refractivity contribution is 5.99. The normalized spacial score (nSPS) is 20.3. The van der Waals surface area contributed by atoms with E-state index in [0.717, 1.165) is 49.1 Å². The summed E-state index contributed by atoms with van der Waals surface area (Å²) in [5, 5.41) is 6.44. The van der Waals surface area contributed by atoms with E-state index >= 15 is 0 Å². The van der Waals surface area contributed by atoms with E-state index in [4.69, 9.17) is 4.74 Å². The summed E-state index contributed by atoms with van der Waals surface area (Å²) in [6.45, 7) is 4.09. The van der Waals surface area contributed by atoms with Crippen molar-refractivity contribution in [2.45, 2.75) is 44.9 Å². The maximum absolute atomic E-state index is 13.1. The van der Waals surface area contributed by atoms with E-state index in [2.05, 4.69) is 17.6 Å². The summed E-state index contributed by atoms with van der Waals surface area (Å²) < 4.78 is 5.78. The van der Waals surface area contributed by atoms with E-state index in [9.17, 15) is 9.59 Å². The third-order valence-electron chi connectivity index (χ3n) is 5.73. The molecule has 0 radical (unpaired) electrons. The highest BCUT2D eigenvalue weighted by Crippen LogP contribution is 2.35. The number of carbonyl (C=O) groups is 2. The molecule has 2 aromatic carbocycles. The van der Waals surface area contributed by atoms with Crippen LogP contribution in [0.25, 0.3) is 0 Å². The molecule has 6 nitrogen and oxygen atoms in total. The second-order valence-corrected chi connectivity index (χ2v) is 7.92. The summed E-state index contributed by atoms with van der Waals surface area (Å²) in [4.78, 5) is 27.4. The molecule has 158 valence electrons. The zero-order valence-corrected chi connectivity index (χ0v) is 17.4. The van der Waals surface area contributed by atoms with Gasteiger partial charge in [-0.05, 0) is 43.5 Å². The van der Waals surface area contributed by atoms with Gasteiger partial charge in [0.05, 0.1) is 6.10 Å². The summed E-state index contributed by atoms with van der Waals surface area (Å²) in [6.07, 6.45) is 3.80. The molecule has 0 aromatic heterocycles. The monoisotopic (exact) mass is 407 g/mol. The molecule has 2 aliphatic rings. The van der Waals surface area contributed by atoms with Crippen molar-refractivity contribution in [2.24, 2.45) is 0 Å². The topological polar surface area (TPSA) is 70.7 Å². The predicted octanol–water partition coefficient (Wildman–Crippen LogP) is 3.96. The van der Waals surface area contributed by atoms with Crippen molar-refractivity contribution >= 4 is 17.5 Å². The molecular formula is C24H29N3O3. The minimum Gasteiger partial charge on any atom is -0.376 e. The molecule has 2 aromatic rings. The Morgan fingerprint density at radius 1 is 1.20 bits per heavy atom. The first-order valence-electron chi connectivity index (χ1n) is 10.8. The second-order valence-electron chi connectivity index (χ2n) is 7.92.